The van der Waals surface area contributed by atoms with Gasteiger partial charge in [0.05, 0.1) is 6.54 Å². The minimum Gasteiger partial charge on any atom is -0.389 e. The molecular weight excluding hydrogens is 284 g/mol. The van der Waals surface area contributed by atoms with Gasteiger partial charge in [-0.3, -0.25) is 0 Å². The van der Waals surface area contributed by atoms with Crippen molar-refractivity contribution in [2.24, 2.45) is 5.73 Å². The Morgan fingerprint density at radius 1 is 1.20 bits per heavy atom. The van der Waals surface area contributed by atoms with E-state index in [4.69, 9.17) is 18.0 Å². The van der Waals surface area contributed by atoms with Gasteiger partial charge >= 0.3 is 0 Å². The van der Waals surface area contributed by atoms with Crippen molar-refractivity contribution in [2.45, 2.75) is 19.9 Å². The number of hydrogen-bond donors (Lipinski definition) is 1. The Balaban J connectivity index is 1.94. The second-order valence-electron chi connectivity index (χ2n) is 4.80. The van der Waals surface area contributed by atoms with E-state index in [2.05, 4.69) is 48.0 Å². The van der Waals surface area contributed by atoms with Crippen molar-refractivity contribution in [1.82, 2.24) is 4.57 Å². The Hall–Kier alpha value is -1.65. The van der Waals surface area contributed by atoms with Crippen LogP contribution in [-0.2, 0) is 13.0 Å². The molecule has 102 valence electrons. The zero-order chi connectivity index (χ0) is 14.1. The average Bonchev–Trinajstić information content (AvgIpc) is 3.06. The number of aromatic nitrogens is 1. The van der Waals surface area contributed by atoms with Gasteiger partial charge in [-0.1, -0.05) is 19.1 Å². The molecule has 0 fully saturated rings. The van der Waals surface area contributed by atoms with Gasteiger partial charge in [0, 0.05) is 32.4 Å². The van der Waals surface area contributed by atoms with Crippen LogP contribution in [-0.4, -0.2) is 9.56 Å². The minimum absolute atomic E-state index is 0.450. The van der Waals surface area contributed by atoms with Crippen LogP contribution < -0.4 is 5.73 Å². The maximum absolute atomic E-state index is 5.68. The van der Waals surface area contributed by atoms with Gasteiger partial charge < -0.3 is 10.3 Å². The lowest BCUT2D eigenvalue weighted by molar-refractivity contribution is 0.851. The maximum atomic E-state index is 5.68. The molecule has 2 heterocycles. The van der Waals surface area contributed by atoms with Crippen LogP contribution >= 0.6 is 23.6 Å². The van der Waals surface area contributed by atoms with Gasteiger partial charge in [-0.25, -0.2) is 0 Å². The Labute approximate surface area is 127 Å². The molecule has 20 heavy (non-hydrogen) atoms. The molecule has 2 N–H and O–H groups in total. The van der Waals surface area contributed by atoms with Crippen LogP contribution in [0.1, 0.15) is 22.2 Å². The number of aryl methyl sites for hydroxylation is 1. The van der Waals surface area contributed by atoms with E-state index in [0.717, 1.165) is 18.5 Å². The molecule has 0 bridgehead atoms. The summed E-state index contributed by atoms with van der Waals surface area (Å²) in [6.45, 7) is 3.11. The standard InChI is InChI=1S/C16H16N2S2/c1-2-13-4-5-14(20-13)10-18-8-7-11-9-12(16(17)19)3-6-15(11)18/h3-9H,2,10H2,1H3,(H2,17,19). The summed E-state index contributed by atoms with van der Waals surface area (Å²) in [5.41, 5.74) is 7.82. The van der Waals surface area contributed by atoms with Gasteiger partial charge in [0.2, 0.25) is 0 Å². The third kappa shape index (κ3) is 2.49. The highest BCUT2D eigenvalue weighted by molar-refractivity contribution is 7.80. The van der Waals surface area contributed by atoms with E-state index in [1.165, 1.54) is 20.7 Å². The average molecular weight is 300 g/mol. The van der Waals surface area contributed by atoms with Crippen molar-refractivity contribution in [3.8, 4) is 0 Å². The predicted octanol–water partition coefficient (Wildman–Crippen LogP) is 3.95. The van der Waals surface area contributed by atoms with Crippen molar-refractivity contribution < 1.29 is 0 Å². The van der Waals surface area contributed by atoms with Gasteiger partial charge in [0.25, 0.3) is 0 Å². The number of rotatable bonds is 4. The third-order valence-corrected chi connectivity index (χ3v) is 4.90. The summed E-state index contributed by atoms with van der Waals surface area (Å²) in [6.07, 6.45) is 3.23. The second kappa shape index (κ2) is 5.38. The molecule has 0 radical (unpaired) electrons. The quantitative estimate of drug-likeness (QED) is 0.740. The van der Waals surface area contributed by atoms with Crippen molar-refractivity contribution in [1.29, 1.82) is 0 Å². The van der Waals surface area contributed by atoms with E-state index in [-0.39, 0.29) is 0 Å². The van der Waals surface area contributed by atoms with Crippen LogP contribution in [0.4, 0.5) is 0 Å². The number of nitrogens with two attached hydrogens (primary N) is 1. The molecule has 3 aromatic rings. The fourth-order valence-corrected chi connectivity index (χ4v) is 3.44. The van der Waals surface area contributed by atoms with Crippen LogP contribution in [0.2, 0.25) is 0 Å². The van der Waals surface area contributed by atoms with Gasteiger partial charge in [-0.15, -0.1) is 11.3 Å². The van der Waals surface area contributed by atoms with E-state index < -0.39 is 0 Å². The minimum atomic E-state index is 0.450. The highest BCUT2D eigenvalue weighted by Crippen LogP contribution is 2.22. The summed E-state index contributed by atoms with van der Waals surface area (Å²) < 4.78 is 2.27. The largest absolute Gasteiger partial charge is 0.389 e. The molecule has 0 saturated heterocycles. The van der Waals surface area contributed by atoms with Gasteiger partial charge in [-0.2, -0.15) is 0 Å². The second-order valence-corrected chi connectivity index (χ2v) is 6.50. The lowest BCUT2D eigenvalue weighted by atomic mass is 10.1. The molecule has 0 aliphatic rings. The van der Waals surface area contributed by atoms with Crippen LogP contribution in [0.25, 0.3) is 10.9 Å². The topological polar surface area (TPSA) is 30.9 Å². The summed E-state index contributed by atoms with van der Waals surface area (Å²) in [5.74, 6) is 0. The smallest absolute Gasteiger partial charge is 0.104 e. The molecule has 0 unspecified atom stereocenters. The Kier molecular flexibility index (Phi) is 3.59. The fraction of sp³-hybridized carbons (Fsp3) is 0.188. The first-order chi connectivity index (χ1) is 9.67. The van der Waals surface area contributed by atoms with Crippen LogP contribution in [0.5, 0.6) is 0 Å². The molecule has 0 aliphatic carbocycles. The summed E-state index contributed by atoms with van der Waals surface area (Å²) >= 11 is 6.91. The molecule has 0 aliphatic heterocycles. The van der Waals surface area contributed by atoms with Crippen molar-refractivity contribution in [2.75, 3.05) is 0 Å². The fourth-order valence-electron chi connectivity index (χ4n) is 2.36. The van der Waals surface area contributed by atoms with Crippen LogP contribution in [0, 0.1) is 0 Å². The monoisotopic (exact) mass is 300 g/mol. The number of hydrogen-bond acceptors (Lipinski definition) is 2. The molecule has 0 atom stereocenters. The summed E-state index contributed by atoms with van der Waals surface area (Å²) in [6, 6.07) is 12.7. The third-order valence-electron chi connectivity index (χ3n) is 3.45. The number of thiocarbonyl (C=S) groups is 1. The lowest BCUT2D eigenvalue weighted by Gasteiger charge is -2.04. The van der Waals surface area contributed by atoms with Gasteiger partial charge in [0.1, 0.15) is 4.99 Å². The van der Waals surface area contributed by atoms with E-state index >= 15 is 0 Å². The first-order valence-corrected chi connectivity index (χ1v) is 7.86. The zero-order valence-corrected chi connectivity index (χ0v) is 12.9. The van der Waals surface area contributed by atoms with Crippen molar-refractivity contribution >= 4 is 39.4 Å². The van der Waals surface area contributed by atoms with E-state index in [1.54, 1.807) is 0 Å². The van der Waals surface area contributed by atoms with Crippen LogP contribution in [0.3, 0.4) is 0 Å². The van der Waals surface area contributed by atoms with E-state index in [1.807, 2.05) is 17.4 Å². The first-order valence-electron chi connectivity index (χ1n) is 6.63. The Morgan fingerprint density at radius 3 is 2.70 bits per heavy atom. The highest BCUT2D eigenvalue weighted by atomic mass is 32.1. The summed E-state index contributed by atoms with van der Waals surface area (Å²) in [4.78, 5) is 3.27. The molecule has 0 spiro atoms. The number of fused-ring (bicyclic) bond motifs is 1. The lowest BCUT2D eigenvalue weighted by Crippen LogP contribution is -2.08. The molecule has 0 saturated carbocycles. The van der Waals surface area contributed by atoms with Crippen molar-refractivity contribution in [3.63, 3.8) is 0 Å². The van der Waals surface area contributed by atoms with Gasteiger partial charge in [-0.05, 0) is 42.8 Å². The summed E-state index contributed by atoms with van der Waals surface area (Å²) in [5, 5.41) is 1.18. The molecule has 1 aromatic carbocycles. The first kappa shape index (κ1) is 13.3. The molecule has 0 amide bonds. The maximum Gasteiger partial charge on any atom is 0.104 e. The van der Waals surface area contributed by atoms with Gasteiger partial charge in [0.15, 0.2) is 0 Å². The number of nitrogens with zero attached hydrogens (tertiary/aromatic N) is 1. The Bertz CT molecular complexity index is 768. The molecule has 2 nitrogen and oxygen atoms in total. The summed E-state index contributed by atoms with van der Waals surface area (Å²) in [7, 11) is 0. The number of benzene rings is 1. The van der Waals surface area contributed by atoms with Crippen molar-refractivity contribution in [3.05, 3.63) is 57.9 Å². The van der Waals surface area contributed by atoms with E-state index in [9.17, 15) is 0 Å². The number of thiophene rings is 1. The zero-order valence-electron chi connectivity index (χ0n) is 11.3. The predicted molar refractivity (Wildman–Crippen MR) is 90.6 cm³/mol. The van der Waals surface area contributed by atoms with Crippen LogP contribution in [0.15, 0.2) is 42.6 Å². The highest BCUT2D eigenvalue weighted by Gasteiger charge is 2.05. The molecule has 4 heteroatoms. The molecule has 3 rings (SSSR count). The SMILES string of the molecule is CCc1ccc(Cn2ccc3cc(C(N)=S)ccc32)s1. The van der Waals surface area contributed by atoms with E-state index in [0.29, 0.717) is 4.99 Å². The molecular formula is C16H16N2S2. The normalized spacial score (nSPS) is 11.1. The Morgan fingerprint density at radius 2 is 2.00 bits per heavy atom. The molecule has 2 aromatic heterocycles.